The van der Waals surface area contributed by atoms with E-state index in [0.717, 1.165) is 0 Å². The minimum atomic E-state index is -4.76. The van der Waals surface area contributed by atoms with E-state index in [1.165, 1.54) is 34.1 Å². The Morgan fingerprint density at radius 1 is 0.911 bits per heavy atom. The molecule has 2 unspecified atom stereocenters. The molecule has 3 aliphatic heterocycles. The molecule has 4 aromatic rings. The first kappa shape index (κ1) is 30.3. The zero-order valence-corrected chi connectivity index (χ0v) is 24.7. The summed E-state index contributed by atoms with van der Waals surface area (Å²) in [7, 11) is -9.34. The van der Waals surface area contributed by atoms with Gasteiger partial charge >= 0.3 is 15.3 Å². The topological polar surface area (TPSA) is 310 Å². The molecule has 0 aromatic carbocycles. The number of ether oxygens (including phenoxy) is 2. The van der Waals surface area contributed by atoms with Crippen molar-refractivity contribution in [2.75, 3.05) is 30.8 Å². The third-order valence-corrected chi connectivity index (χ3v) is 10.5. The van der Waals surface area contributed by atoms with Crippen molar-refractivity contribution >= 4 is 49.3 Å². The zero-order valence-electron chi connectivity index (χ0n) is 22.9. The van der Waals surface area contributed by atoms with Gasteiger partial charge in [-0.25, -0.2) is 24.6 Å². The number of nitrogen functional groups attached to an aromatic ring is 2. The van der Waals surface area contributed by atoms with E-state index >= 15 is 0 Å². The SMILES string of the molecule is Nc1nc2c(ncn2[C@@H]2O[C@@H]3COP(=O)(O)N[C@H]4[C@@H](O)[C@H](n5cnc6c(N)ccnc65)O[C@@H]4COP(=O)(O)C[C@@H]2[C@@H]3O)c(=O)[nH]1. The summed E-state index contributed by atoms with van der Waals surface area (Å²) >= 11 is 0. The number of pyridine rings is 1. The van der Waals surface area contributed by atoms with Crippen molar-refractivity contribution in [2.24, 2.45) is 5.92 Å². The molecule has 0 saturated carbocycles. The molecule has 4 aromatic heterocycles. The number of fused-ring (bicyclic) bond motifs is 5. The first-order valence-electron chi connectivity index (χ1n) is 13.5. The summed E-state index contributed by atoms with van der Waals surface area (Å²) in [5.41, 5.74) is 11.8. The molecule has 3 aliphatic rings. The maximum absolute atomic E-state index is 13.4. The van der Waals surface area contributed by atoms with E-state index in [-0.39, 0.29) is 22.8 Å². The number of nitrogens with one attached hydrogen (secondary N) is 2. The van der Waals surface area contributed by atoms with E-state index in [2.05, 4.69) is 30.0 Å². The van der Waals surface area contributed by atoms with Crippen molar-refractivity contribution < 1.29 is 47.7 Å². The van der Waals surface area contributed by atoms with Crippen LogP contribution in [0.3, 0.4) is 0 Å². The Morgan fingerprint density at radius 2 is 1.60 bits per heavy atom. The van der Waals surface area contributed by atoms with Crippen molar-refractivity contribution in [3.05, 3.63) is 35.3 Å². The third kappa shape index (κ3) is 5.34. The van der Waals surface area contributed by atoms with Gasteiger partial charge in [-0.2, -0.15) is 4.98 Å². The van der Waals surface area contributed by atoms with Gasteiger partial charge in [-0.1, -0.05) is 0 Å². The molecule has 7 heterocycles. The molecule has 2 bridgehead atoms. The number of imidazole rings is 2. The molecule has 10 atom stereocenters. The number of anilines is 2. The molecular weight excluding hydrogens is 642 g/mol. The Kier molecular flexibility index (Phi) is 7.34. The van der Waals surface area contributed by atoms with E-state index < -0.39 is 89.1 Å². The van der Waals surface area contributed by atoms with Crippen LogP contribution in [-0.2, 0) is 27.7 Å². The Balaban J connectivity index is 1.21. The van der Waals surface area contributed by atoms with E-state index in [9.17, 15) is 33.9 Å². The van der Waals surface area contributed by atoms with Gasteiger partial charge in [0.05, 0.1) is 49.9 Å². The number of hydrogen-bond donors (Lipinski definition) is 8. The summed E-state index contributed by atoms with van der Waals surface area (Å²) in [6, 6.07) is 0.182. The summed E-state index contributed by atoms with van der Waals surface area (Å²) in [5.74, 6) is -1.42. The molecule has 21 nitrogen and oxygen atoms in total. The second-order valence-corrected chi connectivity index (χ2v) is 14.3. The second kappa shape index (κ2) is 10.9. The number of aliphatic hydroxyl groups is 2. The molecule has 242 valence electrons. The smallest absolute Gasteiger partial charge is 0.397 e. The maximum Gasteiger partial charge on any atom is 0.403 e. The molecule has 7 rings (SSSR count). The van der Waals surface area contributed by atoms with E-state index in [4.69, 9.17) is 30.0 Å². The molecule has 45 heavy (non-hydrogen) atoms. The van der Waals surface area contributed by atoms with Crippen molar-refractivity contribution in [1.29, 1.82) is 0 Å². The van der Waals surface area contributed by atoms with E-state index in [0.29, 0.717) is 11.2 Å². The minimum Gasteiger partial charge on any atom is -0.397 e. The van der Waals surface area contributed by atoms with Crippen LogP contribution < -0.4 is 22.1 Å². The first-order chi connectivity index (χ1) is 21.3. The predicted octanol–water partition coefficient (Wildman–Crippen LogP) is -1.85. The summed E-state index contributed by atoms with van der Waals surface area (Å²) in [4.78, 5) is 52.8. The van der Waals surface area contributed by atoms with Crippen LogP contribution in [0.5, 0.6) is 0 Å². The fraction of sp³-hybridized carbons (Fsp3) is 0.500. The molecule has 10 N–H and O–H groups in total. The summed E-state index contributed by atoms with van der Waals surface area (Å²) in [6.07, 6.45) is -4.84. The average molecular weight is 670 g/mol. The van der Waals surface area contributed by atoms with Gasteiger partial charge in [0.1, 0.15) is 30.1 Å². The molecule has 3 saturated heterocycles. The molecular formula is C22H28N10O11P2. The van der Waals surface area contributed by atoms with Crippen LogP contribution >= 0.6 is 15.3 Å². The highest BCUT2D eigenvalue weighted by molar-refractivity contribution is 7.52. The second-order valence-electron chi connectivity index (χ2n) is 10.9. The minimum absolute atomic E-state index is 0.0326. The quantitative estimate of drug-likeness (QED) is 0.109. The summed E-state index contributed by atoms with van der Waals surface area (Å²) < 4.78 is 51.9. The van der Waals surface area contributed by atoms with Gasteiger partial charge in [0, 0.05) is 12.1 Å². The monoisotopic (exact) mass is 670 g/mol. The number of hydrogen-bond acceptors (Lipinski definition) is 15. The summed E-state index contributed by atoms with van der Waals surface area (Å²) in [5, 5.41) is 24.7. The zero-order chi connectivity index (χ0) is 31.8. The normalized spacial score (nSPS) is 37.7. The Morgan fingerprint density at radius 3 is 2.38 bits per heavy atom. The molecule has 3 fully saturated rings. The van der Waals surface area contributed by atoms with Crippen molar-refractivity contribution in [1.82, 2.24) is 39.1 Å². The number of aromatic amines is 1. The third-order valence-electron chi connectivity index (χ3n) is 7.97. The van der Waals surface area contributed by atoms with Crippen LogP contribution in [0, 0.1) is 5.92 Å². The number of nitrogens with two attached hydrogens (primary N) is 2. The predicted molar refractivity (Wildman–Crippen MR) is 151 cm³/mol. The largest absolute Gasteiger partial charge is 0.403 e. The van der Waals surface area contributed by atoms with Crippen molar-refractivity contribution in [3.8, 4) is 0 Å². The van der Waals surface area contributed by atoms with Gasteiger partial charge in [-0.3, -0.25) is 28.0 Å². The number of rotatable bonds is 2. The van der Waals surface area contributed by atoms with Crippen LogP contribution in [0.2, 0.25) is 0 Å². The first-order valence-corrected chi connectivity index (χ1v) is 16.8. The fourth-order valence-electron chi connectivity index (χ4n) is 5.86. The molecule has 0 spiro atoms. The number of aliphatic hydroxyl groups excluding tert-OH is 2. The van der Waals surface area contributed by atoms with Gasteiger partial charge in [-0.15, -0.1) is 0 Å². The molecule has 0 amide bonds. The van der Waals surface area contributed by atoms with Crippen LogP contribution in [0.1, 0.15) is 12.5 Å². The standard InChI is InChI=1S/C22H28N10O11P2/c23-9-1-2-25-17-12(9)26-6-31(17)21-16(34)13-10(42-21)3-40-44(36,37)5-8-15(33)11(4-41-45(38,39)30-13)43-20(8)32-7-27-14-18(32)28-22(24)29-19(14)35/h1-2,6-8,10-11,13,15-16,20-21,33-34H,3-5H2,(H2,23,25)(H,36,37)(H2,30,38,39)(H3,24,28,29,35)/t8-,10-,11-,13-,15+,16-,20-,21-/m1/s1. The average Bonchev–Trinajstić information content (AvgIpc) is 3.72. The molecule has 23 heteroatoms. The van der Waals surface area contributed by atoms with Crippen LogP contribution in [0.25, 0.3) is 22.3 Å². The summed E-state index contributed by atoms with van der Waals surface area (Å²) in [6.45, 7) is -1.30. The van der Waals surface area contributed by atoms with E-state index in [1.54, 1.807) is 0 Å². The van der Waals surface area contributed by atoms with Gasteiger partial charge in [0.2, 0.25) is 5.95 Å². The van der Waals surface area contributed by atoms with Crippen LogP contribution in [0.4, 0.5) is 11.6 Å². The van der Waals surface area contributed by atoms with Crippen molar-refractivity contribution in [2.45, 2.75) is 42.9 Å². The Hall–Kier alpha value is -3.33. The number of nitrogens with zero attached hydrogens (tertiary/aromatic N) is 6. The van der Waals surface area contributed by atoms with E-state index in [1.807, 2.05) is 0 Å². The number of aromatic nitrogens is 7. The molecule has 0 aliphatic carbocycles. The van der Waals surface area contributed by atoms with Crippen LogP contribution in [0.15, 0.2) is 29.7 Å². The Bertz CT molecular complexity index is 1930. The highest BCUT2D eigenvalue weighted by atomic mass is 31.2. The fourth-order valence-corrected chi connectivity index (χ4v) is 8.40. The van der Waals surface area contributed by atoms with Crippen LogP contribution in [-0.4, -0.2) is 104 Å². The lowest BCUT2D eigenvalue weighted by molar-refractivity contribution is -0.0475. The lowest BCUT2D eigenvalue weighted by atomic mass is 10.0. The highest BCUT2D eigenvalue weighted by Crippen LogP contribution is 2.52. The van der Waals surface area contributed by atoms with Crippen molar-refractivity contribution in [3.63, 3.8) is 0 Å². The number of H-pyrrole nitrogens is 1. The Labute approximate surface area is 251 Å². The maximum atomic E-state index is 13.4. The highest BCUT2D eigenvalue weighted by Gasteiger charge is 2.52. The lowest BCUT2D eigenvalue weighted by Crippen LogP contribution is -2.44. The van der Waals surface area contributed by atoms with Gasteiger partial charge in [0.15, 0.2) is 23.0 Å². The molecule has 0 radical (unpaired) electrons. The lowest BCUT2D eigenvalue weighted by Gasteiger charge is -2.26. The van der Waals surface area contributed by atoms with Gasteiger partial charge < -0.3 is 45.5 Å². The van der Waals surface area contributed by atoms with Gasteiger partial charge in [-0.05, 0) is 6.07 Å². The van der Waals surface area contributed by atoms with Gasteiger partial charge in [0.25, 0.3) is 5.56 Å².